The van der Waals surface area contributed by atoms with E-state index in [9.17, 15) is 18.0 Å². The molecular formula is C14H20N2O4S. The standard InChI is InChI=1S/C14H20N2O4S/c1-2-7-21(19,20)15-8-10(9-15)16-13(17)11-5-3-4-6-12(11)14(16)18/h3-4,10-12H,2,5-9H2,1H3. The maximum atomic E-state index is 12.4. The number of amides is 2. The van der Waals surface area contributed by atoms with Crippen LogP contribution in [0.25, 0.3) is 0 Å². The first-order chi connectivity index (χ1) is 9.95. The monoisotopic (exact) mass is 312 g/mol. The van der Waals surface area contributed by atoms with Crippen molar-refractivity contribution >= 4 is 21.8 Å². The zero-order valence-corrected chi connectivity index (χ0v) is 12.9. The zero-order chi connectivity index (χ0) is 15.2. The summed E-state index contributed by atoms with van der Waals surface area (Å²) in [4.78, 5) is 26.1. The highest BCUT2D eigenvalue weighted by atomic mass is 32.2. The topological polar surface area (TPSA) is 74.8 Å². The van der Waals surface area contributed by atoms with Gasteiger partial charge in [0, 0.05) is 13.1 Å². The molecule has 2 amide bonds. The van der Waals surface area contributed by atoms with Gasteiger partial charge in [-0.1, -0.05) is 19.1 Å². The van der Waals surface area contributed by atoms with Crippen molar-refractivity contribution in [3.63, 3.8) is 0 Å². The van der Waals surface area contributed by atoms with Crippen molar-refractivity contribution in [3.05, 3.63) is 12.2 Å². The van der Waals surface area contributed by atoms with E-state index < -0.39 is 10.0 Å². The minimum atomic E-state index is -3.23. The van der Waals surface area contributed by atoms with Gasteiger partial charge in [-0.2, -0.15) is 4.31 Å². The molecule has 0 N–H and O–H groups in total. The van der Waals surface area contributed by atoms with E-state index in [-0.39, 0.29) is 48.5 Å². The summed E-state index contributed by atoms with van der Waals surface area (Å²) in [6.07, 6.45) is 5.72. The van der Waals surface area contributed by atoms with Crippen LogP contribution in [-0.4, -0.2) is 54.3 Å². The Morgan fingerprint density at radius 3 is 2.10 bits per heavy atom. The highest BCUT2D eigenvalue weighted by Gasteiger charge is 2.53. The first-order valence-electron chi connectivity index (χ1n) is 7.45. The number of imide groups is 1. The summed E-state index contributed by atoms with van der Waals surface area (Å²) in [5.74, 6) is -0.581. The Kier molecular flexibility index (Phi) is 3.65. The third kappa shape index (κ3) is 2.32. The van der Waals surface area contributed by atoms with Crippen molar-refractivity contribution in [3.8, 4) is 0 Å². The molecule has 0 radical (unpaired) electrons. The van der Waals surface area contributed by atoms with Crippen molar-refractivity contribution < 1.29 is 18.0 Å². The summed E-state index contributed by atoms with van der Waals surface area (Å²) in [5.41, 5.74) is 0. The van der Waals surface area contributed by atoms with Crippen LogP contribution in [0, 0.1) is 11.8 Å². The fourth-order valence-electron chi connectivity index (χ4n) is 3.38. The Labute approximate surface area is 124 Å². The van der Waals surface area contributed by atoms with Gasteiger partial charge in [0.1, 0.15) is 0 Å². The van der Waals surface area contributed by atoms with Gasteiger partial charge in [-0.05, 0) is 19.3 Å². The van der Waals surface area contributed by atoms with Gasteiger partial charge in [0.25, 0.3) is 0 Å². The molecule has 2 heterocycles. The van der Waals surface area contributed by atoms with E-state index in [1.54, 1.807) is 0 Å². The molecule has 2 fully saturated rings. The van der Waals surface area contributed by atoms with Gasteiger partial charge < -0.3 is 0 Å². The Bertz CT molecular complexity index is 566. The Morgan fingerprint density at radius 2 is 1.62 bits per heavy atom. The minimum absolute atomic E-state index is 0.119. The molecule has 2 unspecified atom stereocenters. The molecule has 3 rings (SSSR count). The molecular weight excluding hydrogens is 292 g/mol. The number of hydrogen-bond donors (Lipinski definition) is 0. The normalized spacial score (nSPS) is 30.6. The van der Waals surface area contributed by atoms with Crippen LogP contribution in [0.1, 0.15) is 26.2 Å². The van der Waals surface area contributed by atoms with Gasteiger partial charge in [0.15, 0.2) is 0 Å². The predicted molar refractivity (Wildman–Crippen MR) is 76.6 cm³/mol. The van der Waals surface area contributed by atoms with Crippen LogP contribution >= 0.6 is 0 Å². The van der Waals surface area contributed by atoms with Gasteiger partial charge in [0.05, 0.1) is 23.6 Å². The van der Waals surface area contributed by atoms with Crippen molar-refractivity contribution in [1.82, 2.24) is 9.21 Å². The molecule has 21 heavy (non-hydrogen) atoms. The van der Waals surface area contributed by atoms with E-state index in [0.717, 1.165) is 0 Å². The second-order valence-electron chi connectivity index (χ2n) is 5.99. The number of fused-ring (bicyclic) bond motifs is 1. The molecule has 3 aliphatic rings. The van der Waals surface area contributed by atoms with E-state index in [2.05, 4.69) is 0 Å². The summed E-state index contributed by atoms with van der Waals surface area (Å²) in [6, 6.07) is -0.276. The molecule has 1 aliphatic carbocycles. The second-order valence-corrected chi connectivity index (χ2v) is 8.08. The molecule has 0 spiro atoms. The summed E-state index contributed by atoms with van der Waals surface area (Å²) in [5, 5.41) is 0. The molecule has 0 bridgehead atoms. The lowest BCUT2D eigenvalue weighted by atomic mass is 9.85. The highest BCUT2D eigenvalue weighted by molar-refractivity contribution is 7.89. The fourth-order valence-corrected chi connectivity index (χ4v) is 4.95. The Balaban J connectivity index is 1.68. The number of allylic oxidation sites excluding steroid dienone is 2. The van der Waals surface area contributed by atoms with E-state index >= 15 is 0 Å². The molecule has 2 aliphatic heterocycles. The van der Waals surface area contributed by atoms with E-state index in [0.29, 0.717) is 19.3 Å². The smallest absolute Gasteiger partial charge is 0.233 e. The SMILES string of the molecule is CCCS(=O)(=O)N1CC(N2C(=O)C3CC=CCC3C2=O)C1. The number of likely N-dealkylation sites (tertiary alicyclic amines) is 1. The zero-order valence-electron chi connectivity index (χ0n) is 12.1. The molecule has 0 saturated carbocycles. The van der Waals surface area contributed by atoms with Crippen LogP contribution < -0.4 is 0 Å². The maximum absolute atomic E-state index is 12.4. The summed E-state index contributed by atoms with van der Waals surface area (Å²) in [7, 11) is -3.23. The van der Waals surface area contributed by atoms with Crippen LogP contribution in [0.4, 0.5) is 0 Å². The quantitative estimate of drug-likeness (QED) is 0.555. The average molecular weight is 312 g/mol. The van der Waals surface area contributed by atoms with Gasteiger partial charge in [-0.25, -0.2) is 8.42 Å². The Hall–Kier alpha value is -1.21. The second kappa shape index (κ2) is 5.21. The van der Waals surface area contributed by atoms with E-state index in [4.69, 9.17) is 0 Å². The van der Waals surface area contributed by atoms with Crippen molar-refractivity contribution in [2.45, 2.75) is 32.2 Å². The van der Waals surface area contributed by atoms with Crippen molar-refractivity contribution in [2.75, 3.05) is 18.8 Å². The molecule has 6 nitrogen and oxygen atoms in total. The third-order valence-corrected chi connectivity index (χ3v) is 6.60. The molecule has 116 valence electrons. The first-order valence-corrected chi connectivity index (χ1v) is 9.06. The molecule has 2 saturated heterocycles. The number of hydrogen-bond acceptors (Lipinski definition) is 4. The Morgan fingerprint density at radius 1 is 1.10 bits per heavy atom. The van der Waals surface area contributed by atoms with Crippen LogP contribution in [0.2, 0.25) is 0 Å². The summed E-state index contributed by atoms with van der Waals surface area (Å²) in [6.45, 7) is 2.33. The molecule has 0 aromatic heterocycles. The van der Waals surface area contributed by atoms with E-state index in [1.807, 2.05) is 19.1 Å². The highest BCUT2D eigenvalue weighted by Crippen LogP contribution is 2.37. The van der Waals surface area contributed by atoms with Crippen molar-refractivity contribution in [1.29, 1.82) is 0 Å². The van der Waals surface area contributed by atoms with Crippen LogP contribution in [0.3, 0.4) is 0 Å². The molecule has 0 aromatic carbocycles. The lowest BCUT2D eigenvalue weighted by Gasteiger charge is -2.42. The van der Waals surface area contributed by atoms with Gasteiger partial charge in [0.2, 0.25) is 21.8 Å². The molecule has 0 aromatic rings. The van der Waals surface area contributed by atoms with Gasteiger partial charge in [-0.3, -0.25) is 14.5 Å². The molecule has 7 heteroatoms. The first kappa shape index (κ1) is 14.7. The summed E-state index contributed by atoms with van der Waals surface area (Å²) >= 11 is 0. The number of rotatable bonds is 4. The third-order valence-electron chi connectivity index (χ3n) is 4.59. The maximum Gasteiger partial charge on any atom is 0.233 e. The lowest BCUT2D eigenvalue weighted by Crippen LogP contribution is -2.62. The van der Waals surface area contributed by atoms with Crippen LogP contribution in [0.5, 0.6) is 0 Å². The fraction of sp³-hybridized carbons (Fsp3) is 0.714. The molecule has 2 atom stereocenters. The van der Waals surface area contributed by atoms with Gasteiger partial charge >= 0.3 is 0 Å². The van der Waals surface area contributed by atoms with Crippen LogP contribution in [-0.2, 0) is 19.6 Å². The summed E-state index contributed by atoms with van der Waals surface area (Å²) < 4.78 is 25.2. The lowest BCUT2D eigenvalue weighted by molar-refractivity contribution is -0.145. The van der Waals surface area contributed by atoms with Crippen molar-refractivity contribution in [2.24, 2.45) is 11.8 Å². The average Bonchev–Trinajstić information content (AvgIpc) is 2.63. The van der Waals surface area contributed by atoms with E-state index in [1.165, 1.54) is 9.21 Å². The number of nitrogens with zero attached hydrogens (tertiary/aromatic N) is 2. The number of carbonyl (C=O) groups excluding carboxylic acids is 2. The minimum Gasteiger partial charge on any atom is -0.276 e. The largest absolute Gasteiger partial charge is 0.276 e. The number of sulfonamides is 1. The number of carbonyl (C=O) groups is 2. The van der Waals surface area contributed by atoms with Gasteiger partial charge in [-0.15, -0.1) is 0 Å². The predicted octanol–water partition coefficient (Wildman–Crippen LogP) is 0.362. The van der Waals surface area contributed by atoms with Crippen LogP contribution in [0.15, 0.2) is 12.2 Å².